The smallest absolute Gasteiger partial charge is 0.277 e. The Morgan fingerprint density at radius 1 is 1.24 bits per heavy atom. The first-order chi connectivity index (χ1) is 13.5. The van der Waals surface area contributed by atoms with Gasteiger partial charge >= 0.3 is 0 Å². The molecular formula is C24H36Cl2O2Si. The van der Waals surface area contributed by atoms with Crippen LogP contribution in [0.1, 0.15) is 76.8 Å². The van der Waals surface area contributed by atoms with Crippen LogP contribution in [0.15, 0.2) is 23.8 Å². The molecule has 0 unspecified atom stereocenters. The fraction of sp³-hybridized carbons (Fsp3) is 0.667. The van der Waals surface area contributed by atoms with Crippen LogP contribution in [0.4, 0.5) is 0 Å². The predicted molar refractivity (Wildman–Crippen MR) is 127 cm³/mol. The summed E-state index contributed by atoms with van der Waals surface area (Å²) >= 11 is 12.6. The summed E-state index contributed by atoms with van der Waals surface area (Å²) in [4.78, 5) is 0. The Hall–Kier alpha value is -0.643. The van der Waals surface area contributed by atoms with Crippen LogP contribution < -0.4 is 9.16 Å². The molecule has 0 radical (unpaired) electrons. The van der Waals surface area contributed by atoms with E-state index in [1.165, 1.54) is 36.0 Å². The predicted octanol–water partition coefficient (Wildman–Crippen LogP) is 7.96. The van der Waals surface area contributed by atoms with Gasteiger partial charge in [-0.25, -0.2) is 0 Å². The maximum Gasteiger partial charge on any atom is 0.277 e. The molecule has 0 spiro atoms. The molecule has 1 aliphatic carbocycles. The van der Waals surface area contributed by atoms with Crippen molar-refractivity contribution in [3.8, 4) is 11.5 Å². The van der Waals surface area contributed by atoms with E-state index in [4.69, 9.17) is 32.4 Å². The molecule has 0 fully saturated rings. The van der Waals surface area contributed by atoms with Gasteiger partial charge in [0, 0.05) is 17.4 Å². The van der Waals surface area contributed by atoms with E-state index in [0.717, 1.165) is 30.8 Å². The van der Waals surface area contributed by atoms with Crippen molar-refractivity contribution in [3.05, 3.63) is 34.9 Å². The van der Waals surface area contributed by atoms with Crippen molar-refractivity contribution in [2.45, 2.75) is 95.3 Å². The molecule has 1 aliphatic heterocycles. The number of hydrogen-bond donors (Lipinski definition) is 0. The van der Waals surface area contributed by atoms with Crippen LogP contribution in [-0.2, 0) is 6.42 Å². The monoisotopic (exact) mass is 454 g/mol. The Morgan fingerprint density at radius 3 is 2.62 bits per heavy atom. The van der Waals surface area contributed by atoms with Gasteiger partial charge in [-0.3, -0.25) is 0 Å². The van der Waals surface area contributed by atoms with Crippen LogP contribution in [0.25, 0.3) is 0 Å². The van der Waals surface area contributed by atoms with Crippen molar-refractivity contribution in [2.24, 2.45) is 5.92 Å². The lowest BCUT2D eigenvalue weighted by Gasteiger charge is -2.47. The highest BCUT2D eigenvalue weighted by atomic mass is 35.5. The summed E-state index contributed by atoms with van der Waals surface area (Å²) in [5.41, 5.74) is 3.74. The van der Waals surface area contributed by atoms with Gasteiger partial charge in [0.15, 0.2) is 0 Å². The SMILES string of the molecule is CCCCCc1cc2c(c(O[Si](C)(C)C(Cl)Cl)c1)[C@H]1C=C(C)CC[C@@H]1C(C)(C)O2. The normalized spacial score (nSPS) is 23.1. The number of hydrogen-bond acceptors (Lipinski definition) is 2. The number of allylic oxidation sites excluding steroid dienone is 2. The van der Waals surface area contributed by atoms with Crippen molar-refractivity contribution in [1.82, 2.24) is 0 Å². The molecule has 1 aromatic carbocycles. The molecule has 0 amide bonds. The Bertz CT molecular complexity index is 770. The summed E-state index contributed by atoms with van der Waals surface area (Å²) in [6, 6.07) is 4.48. The molecule has 0 aromatic heterocycles. The van der Waals surface area contributed by atoms with E-state index in [1.54, 1.807) is 0 Å². The third-order valence-electron chi connectivity index (χ3n) is 6.48. The second-order valence-corrected chi connectivity index (χ2v) is 15.7. The van der Waals surface area contributed by atoms with Crippen LogP contribution in [0, 0.1) is 5.92 Å². The number of fused-ring (bicyclic) bond motifs is 3. The van der Waals surface area contributed by atoms with Gasteiger partial charge in [-0.15, -0.1) is 23.2 Å². The molecule has 29 heavy (non-hydrogen) atoms. The second-order valence-electron chi connectivity index (χ2n) is 9.86. The number of ether oxygens (including phenoxy) is 1. The molecule has 0 saturated carbocycles. The zero-order chi connectivity index (χ0) is 21.4. The minimum absolute atomic E-state index is 0.192. The van der Waals surface area contributed by atoms with Crippen LogP contribution in [0.5, 0.6) is 11.5 Å². The summed E-state index contributed by atoms with van der Waals surface area (Å²) in [5, 5.41) is 0. The van der Waals surface area contributed by atoms with E-state index >= 15 is 0 Å². The van der Waals surface area contributed by atoms with Crippen LogP contribution in [0.3, 0.4) is 0 Å². The number of halogens is 2. The number of unbranched alkanes of at least 4 members (excludes halogenated alkanes) is 2. The van der Waals surface area contributed by atoms with Gasteiger partial charge in [0.25, 0.3) is 8.32 Å². The fourth-order valence-electron chi connectivity index (χ4n) is 4.70. The van der Waals surface area contributed by atoms with Crippen molar-refractivity contribution in [3.63, 3.8) is 0 Å². The standard InChI is InChI=1S/C24H36Cl2O2Si/c1-7-8-9-10-17-14-20-22(21(15-17)28-29(5,6)23(25)26)18-13-16(2)11-12-19(18)24(3,4)27-20/h13-15,18-19,23H,7-12H2,1-6H3/t18-,19-/m0/s1. The highest BCUT2D eigenvalue weighted by Gasteiger charge is 2.46. The van der Waals surface area contributed by atoms with E-state index in [0.29, 0.717) is 11.8 Å². The van der Waals surface area contributed by atoms with Crippen molar-refractivity contribution in [2.75, 3.05) is 0 Å². The second kappa shape index (κ2) is 8.84. The van der Waals surface area contributed by atoms with Crippen molar-refractivity contribution < 1.29 is 9.16 Å². The maximum atomic E-state index is 6.63. The van der Waals surface area contributed by atoms with E-state index < -0.39 is 12.8 Å². The zero-order valence-corrected chi connectivity index (χ0v) is 21.3. The molecule has 3 rings (SSSR count). The summed E-state index contributed by atoms with van der Waals surface area (Å²) in [7, 11) is -2.30. The minimum Gasteiger partial charge on any atom is -0.541 e. The number of aryl methyl sites for hydroxylation is 1. The van der Waals surface area contributed by atoms with Crippen LogP contribution >= 0.6 is 23.2 Å². The third kappa shape index (κ3) is 4.99. The molecule has 1 aromatic rings. The highest BCUT2D eigenvalue weighted by molar-refractivity contribution is 6.88. The Labute approximate surface area is 188 Å². The third-order valence-corrected chi connectivity index (χ3v) is 11.4. The molecule has 2 nitrogen and oxygen atoms in total. The highest BCUT2D eigenvalue weighted by Crippen LogP contribution is 2.54. The molecule has 0 N–H and O–H groups in total. The zero-order valence-electron chi connectivity index (χ0n) is 18.8. The lowest BCUT2D eigenvalue weighted by molar-refractivity contribution is 0.0110. The molecule has 2 atom stereocenters. The average Bonchev–Trinajstić information content (AvgIpc) is 2.60. The maximum absolute atomic E-state index is 6.63. The Kier molecular flexibility index (Phi) is 7.02. The largest absolute Gasteiger partial charge is 0.541 e. The van der Waals surface area contributed by atoms with E-state index in [1.807, 2.05) is 0 Å². The van der Waals surface area contributed by atoms with Gasteiger partial charge in [-0.05, 0) is 77.2 Å². The average molecular weight is 456 g/mol. The summed E-state index contributed by atoms with van der Waals surface area (Å²) < 4.78 is 12.8. The van der Waals surface area contributed by atoms with Gasteiger partial charge < -0.3 is 9.16 Å². The molecular weight excluding hydrogens is 419 g/mol. The summed E-state index contributed by atoms with van der Waals surface area (Å²) in [5.74, 6) is 2.68. The first kappa shape index (κ1) is 23.0. The van der Waals surface area contributed by atoms with Gasteiger partial charge in [-0.1, -0.05) is 31.4 Å². The van der Waals surface area contributed by atoms with Gasteiger partial charge in [0.1, 0.15) is 21.6 Å². The lowest BCUT2D eigenvalue weighted by atomic mass is 9.68. The van der Waals surface area contributed by atoms with E-state index in [2.05, 4.69) is 59.0 Å². The molecule has 1 heterocycles. The van der Waals surface area contributed by atoms with E-state index in [-0.39, 0.29) is 5.60 Å². The number of benzene rings is 1. The van der Waals surface area contributed by atoms with Crippen LogP contribution in [-0.4, -0.2) is 18.4 Å². The van der Waals surface area contributed by atoms with Crippen molar-refractivity contribution >= 4 is 31.5 Å². The first-order valence-electron chi connectivity index (χ1n) is 11.1. The quantitative estimate of drug-likeness (QED) is 0.180. The fourth-order valence-corrected chi connectivity index (χ4v) is 5.79. The first-order valence-corrected chi connectivity index (χ1v) is 14.9. The topological polar surface area (TPSA) is 18.5 Å². The van der Waals surface area contributed by atoms with Gasteiger partial charge in [0.05, 0.1) is 0 Å². The molecule has 5 heteroatoms. The van der Waals surface area contributed by atoms with Crippen LogP contribution in [0.2, 0.25) is 13.1 Å². The van der Waals surface area contributed by atoms with Crippen molar-refractivity contribution in [1.29, 1.82) is 0 Å². The number of alkyl halides is 2. The summed E-state index contributed by atoms with van der Waals surface area (Å²) in [6.45, 7) is 13.1. The Morgan fingerprint density at radius 2 is 1.97 bits per heavy atom. The summed E-state index contributed by atoms with van der Waals surface area (Å²) in [6.07, 6.45) is 9.39. The Balaban J connectivity index is 2.10. The van der Waals surface area contributed by atoms with Gasteiger partial charge in [0.2, 0.25) is 0 Å². The minimum atomic E-state index is -2.30. The lowest BCUT2D eigenvalue weighted by Crippen LogP contribution is -2.46. The molecule has 162 valence electrons. The number of rotatable bonds is 7. The molecule has 0 bridgehead atoms. The molecule has 0 saturated heterocycles. The molecule has 2 aliphatic rings. The van der Waals surface area contributed by atoms with Gasteiger partial charge in [-0.2, -0.15) is 0 Å². The van der Waals surface area contributed by atoms with E-state index in [9.17, 15) is 0 Å².